The molecule has 0 amide bonds. The van der Waals surface area contributed by atoms with Gasteiger partial charge in [0.15, 0.2) is 0 Å². The van der Waals surface area contributed by atoms with Crippen molar-refractivity contribution in [3.05, 3.63) is 69.3 Å². The molecule has 2 aromatic carbocycles. The molecule has 0 saturated carbocycles. The largest absolute Gasteiger partial charge is 0.392 e. The molecule has 4 rings (SSSR count). The molecule has 0 atom stereocenters. The van der Waals surface area contributed by atoms with E-state index >= 15 is 0 Å². The average Bonchev–Trinajstić information content (AvgIpc) is 3.17. The monoisotopic (exact) mass is 442 g/mol. The number of H-pyrrole nitrogens is 1. The molecule has 8 heteroatoms. The van der Waals surface area contributed by atoms with Crippen LogP contribution in [-0.4, -0.2) is 18.5 Å². The van der Waals surface area contributed by atoms with Crippen LogP contribution in [0, 0.1) is 4.78 Å². The summed E-state index contributed by atoms with van der Waals surface area (Å²) in [4.78, 5) is 15.3. The number of benzene rings is 2. The van der Waals surface area contributed by atoms with Gasteiger partial charge in [0.1, 0.15) is 4.70 Å². The van der Waals surface area contributed by atoms with Gasteiger partial charge in [0.05, 0.1) is 6.61 Å². The zero-order valence-corrected chi connectivity index (χ0v) is 18.4. The summed E-state index contributed by atoms with van der Waals surface area (Å²) in [5.74, 6) is 0. The van der Waals surface area contributed by atoms with Crippen LogP contribution in [-0.2, 0) is 22.5 Å². The Kier molecular flexibility index (Phi) is 6.21. The molecule has 2 heterocycles. The summed E-state index contributed by atoms with van der Waals surface area (Å²) < 4.78 is 23.6. The van der Waals surface area contributed by atoms with Crippen LogP contribution < -0.4 is 5.56 Å². The molecule has 30 heavy (non-hydrogen) atoms. The van der Waals surface area contributed by atoms with Crippen LogP contribution in [0.2, 0.25) is 0 Å². The van der Waals surface area contributed by atoms with Gasteiger partial charge in [0.25, 0.3) is 5.56 Å². The van der Waals surface area contributed by atoms with Gasteiger partial charge in [-0.2, -0.15) is 13.2 Å². The number of aliphatic hydroxyl groups excluding tert-OH is 1. The zero-order chi connectivity index (χ0) is 22.1. The summed E-state index contributed by atoms with van der Waals surface area (Å²) in [7, 11) is -2.61. The second-order valence-electron chi connectivity index (χ2n) is 7.86. The van der Waals surface area contributed by atoms with Crippen molar-refractivity contribution in [2.75, 3.05) is 0 Å². The number of hydrogen-bond acceptors (Lipinski definition) is 6. The van der Waals surface area contributed by atoms with E-state index in [1.54, 1.807) is 0 Å². The maximum absolute atomic E-state index is 12.3. The highest BCUT2D eigenvalue weighted by atomic mass is 32.2. The third-order valence-electron chi connectivity index (χ3n) is 4.89. The highest BCUT2D eigenvalue weighted by molar-refractivity contribution is 7.60. The van der Waals surface area contributed by atoms with Gasteiger partial charge in [-0.3, -0.25) is 4.79 Å². The van der Waals surface area contributed by atoms with E-state index in [9.17, 15) is 9.90 Å². The Labute approximate surface area is 179 Å². The van der Waals surface area contributed by atoms with Gasteiger partial charge in [-0.05, 0) is 45.2 Å². The molecule has 0 radical (unpaired) electrons. The van der Waals surface area contributed by atoms with Gasteiger partial charge in [-0.1, -0.05) is 51.1 Å². The first-order chi connectivity index (χ1) is 14.1. The van der Waals surface area contributed by atoms with Crippen LogP contribution in [0.15, 0.2) is 52.6 Å². The quantitative estimate of drug-likeness (QED) is 0.413. The van der Waals surface area contributed by atoms with Gasteiger partial charge < -0.3 is 10.1 Å². The minimum Gasteiger partial charge on any atom is -0.392 e. The highest BCUT2D eigenvalue weighted by Gasteiger charge is 2.17. The van der Waals surface area contributed by atoms with Gasteiger partial charge in [0.2, 0.25) is 0 Å². The molecule has 0 saturated heterocycles. The maximum atomic E-state index is 12.3. The predicted molar refractivity (Wildman–Crippen MR) is 122 cm³/mol. The predicted octanol–water partition coefficient (Wildman–Crippen LogP) is 4.83. The number of nitrogens with one attached hydrogen (secondary N) is 2. The number of fused-ring (bicyclic) bond motifs is 3. The summed E-state index contributed by atoms with van der Waals surface area (Å²) in [5.41, 5.74) is 4.99. The Hall–Kier alpha value is -2.81. The van der Waals surface area contributed by atoms with Crippen LogP contribution >= 0.6 is 11.3 Å². The van der Waals surface area contributed by atoms with Crippen molar-refractivity contribution >= 4 is 42.8 Å². The molecule has 0 unspecified atom stereocenters. The summed E-state index contributed by atoms with van der Waals surface area (Å²) >= 11 is 1.45. The number of aromatic amines is 1. The Morgan fingerprint density at radius 3 is 2.27 bits per heavy atom. The lowest BCUT2D eigenvalue weighted by molar-refractivity contribution is 0.282. The number of aromatic nitrogens is 1. The van der Waals surface area contributed by atoms with E-state index in [4.69, 9.17) is 13.2 Å². The summed E-state index contributed by atoms with van der Waals surface area (Å²) in [5, 5.41) is 13.8. The van der Waals surface area contributed by atoms with E-state index in [-0.39, 0.29) is 17.6 Å². The fourth-order valence-electron chi connectivity index (χ4n) is 3.49. The van der Waals surface area contributed by atoms with Gasteiger partial charge >= 0.3 is 10.5 Å². The SMILES string of the molecule is CC(C)(C)c1ccc(-c2c(CO)ccc3[nH]c(=O)c4sccc4c23)cc1.N=S(=O)=O. The molecular formula is C22H22N2O4S2. The topological polar surface area (TPSA) is 111 Å². The minimum atomic E-state index is -2.61. The molecule has 4 aromatic rings. The van der Waals surface area contributed by atoms with Crippen molar-refractivity contribution in [2.24, 2.45) is 0 Å². The fraction of sp³-hybridized carbons (Fsp3) is 0.227. The Bertz CT molecular complexity index is 1370. The van der Waals surface area contributed by atoms with Crippen LogP contribution in [0.4, 0.5) is 0 Å². The lowest BCUT2D eigenvalue weighted by atomic mass is 9.85. The molecule has 0 bridgehead atoms. The van der Waals surface area contributed by atoms with Crippen molar-refractivity contribution in [3.63, 3.8) is 0 Å². The number of pyridine rings is 1. The van der Waals surface area contributed by atoms with Crippen molar-refractivity contribution in [2.45, 2.75) is 32.8 Å². The highest BCUT2D eigenvalue weighted by Crippen LogP contribution is 2.37. The molecular weight excluding hydrogens is 420 g/mol. The van der Waals surface area contributed by atoms with Crippen LogP contribution in [0.25, 0.3) is 32.1 Å². The van der Waals surface area contributed by atoms with E-state index in [2.05, 4.69) is 50.0 Å². The van der Waals surface area contributed by atoms with Crippen molar-refractivity contribution in [1.29, 1.82) is 4.78 Å². The Morgan fingerprint density at radius 1 is 1.07 bits per heavy atom. The van der Waals surface area contributed by atoms with Crippen LogP contribution in [0.5, 0.6) is 0 Å². The smallest absolute Gasteiger partial charge is 0.308 e. The Balaban J connectivity index is 0.000000589. The van der Waals surface area contributed by atoms with E-state index in [0.29, 0.717) is 0 Å². The molecule has 0 aliphatic heterocycles. The normalized spacial score (nSPS) is 11.3. The van der Waals surface area contributed by atoms with E-state index in [1.165, 1.54) is 16.9 Å². The molecule has 2 aromatic heterocycles. The molecule has 6 nitrogen and oxygen atoms in total. The third-order valence-corrected chi connectivity index (χ3v) is 5.80. The Morgan fingerprint density at radius 2 is 1.70 bits per heavy atom. The second-order valence-corrected chi connectivity index (χ2v) is 9.25. The first-order valence-corrected chi connectivity index (χ1v) is 11.2. The first kappa shape index (κ1) is 21.9. The molecule has 3 N–H and O–H groups in total. The van der Waals surface area contributed by atoms with E-state index < -0.39 is 10.5 Å². The minimum absolute atomic E-state index is 0.0446. The lowest BCUT2D eigenvalue weighted by Crippen LogP contribution is -2.10. The molecule has 156 valence electrons. The summed E-state index contributed by atoms with van der Waals surface area (Å²) in [6.07, 6.45) is 0. The summed E-state index contributed by atoms with van der Waals surface area (Å²) in [6, 6.07) is 14.3. The van der Waals surface area contributed by atoms with Gasteiger partial charge in [-0.25, -0.2) is 0 Å². The standard InChI is InChI=1S/C22H21NO2S.HNO2S/c1-22(2,3)15-7-4-13(5-8-15)18-14(12-24)6-9-17-19(18)16-10-11-26-20(16)21(25)23-17;1-4(2)3/h4-11,24H,12H2,1-3H3,(H,23,25);1H. The third kappa shape index (κ3) is 4.35. The van der Waals surface area contributed by atoms with Gasteiger partial charge in [-0.15, -0.1) is 11.3 Å². The second kappa shape index (κ2) is 8.51. The van der Waals surface area contributed by atoms with Crippen molar-refractivity contribution < 1.29 is 13.5 Å². The number of hydrogen-bond donors (Lipinski definition) is 3. The first-order valence-electron chi connectivity index (χ1n) is 9.21. The lowest BCUT2D eigenvalue weighted by Gasteiger charge is -2.20. The van der Waals surface area contributed by atoms with E-state index in [1.807, 2.05) is 23.6 Å². The zero-order valence-electron chi connectivity index (χ0n) is 16.8. The molecule has 0 aliphatic carbocycles. The fourth-order valence-corrected chi connectivity index (χ4v) is 4.28. The maximum Gasteiger partial charge on any atom is 0.308 e. The number of aliphatic hydroxyl groups is 1. The number of rotatable bonds is 2. The van der Waals surface area contributed by atoms with E-state index in [0.717, 1.165) is 37.7 Å². The van der Waals surface area contributed by atoms with Crippen molar-refractivity contribution in [1.82, 2.24) is 4.98 Å². The molecule has 0 fully saturated rings. The van der Waals surface area contributed by atoms with Crippen LogP contribution in [0.1, 0.15) is 31.9 Å². The van der Waals surface area contributed by atoms with Gasteiger partial charge in [0, 0.05) is 16.3 Å². The van der Waals surface area contributed by atoms with Crippen LogP contribution in [0.3, 0.4) is 0 Å². The van der Waals surface area contributed by atoms with Crippen molar-refractivity contribution in [3.8, 4) is 11.1 Å². The number of thiophene rings is 1. The summed E-state index contributed by atoms with van der Waals surface area (Å²) in [6.45, 7) is 6.53. The average molecular weight is 443 g/mol. The molecule has 0 aliphatic rings. The molecule has 0 spiro atoms.